The van der Waals surface area contributed by atoms with Gasteiger partial charge in [-0.1, -0.05) is 6.07 Å². The van der Waals surface area contributed by atoms with Crippen LogP contribution in [0.3, 0.4) is 0 Å². The Kier molecular flexibility index (Phi) is 3.28. The molecule has 0 fully saturated rings. The molecule has 0 N–H and O–H groups in total. The van der Waals surface area contributed by atoms with Crippen LogP contribution in [0.4, 0.5) is 4.39 Å². The van der Waals surface area contributed by atoms with Crippen molar-refractivity contribution in [3.8, 4) is 0 Å². The molecular formula is C11H9FOS2. The number of halogens is 1. The average molecular weight is 240 g/mol. The molecule has 15 heavy (non-hydrogen) atoms. The van der Waals surface area contributed by atoms with Crippen molar-refractivity contribution < 1.29 is 8.60 Å². The van der Waals surface area contributed by atoms with Gasteiger partial charge in [0.2, 0.25) is 0 Å². The van der Waals surface area contributed by atoms with Gasteiger partial charge in [-0.2, -0.15) is 0 Å². The van der Waals surface area contributed by atoms with E-state index in [0.717, 1.165) is 4.88 Å². The third-order valence-electron chi connectivity index (χ3n) is 1.93. The highest BCUT2D eigenvalue weighted by molar-refractivity contribution is 7.84. The summed E-state index contributed by atoms with van der Waals surface area (Å²) in [6.07, 6.45) is 0. The Labute approximate surface area is 94.0 Å². The average Bonchev–Trinajstić information content (AvgIpc) is 2.71. The smallest absolute Gasteiger partial charge is 0.123 e. The molecule has 2 rings (SSSR count). The predicted octanol–water partition coefficient (Wildman–Crippen LogP) is 3.20. The molecule has 0 aliphatic heterocycles. The normalized spacial score (nSPS) is 12.6. The summed E-state index contributed by atoms with van der Waals surface area (Å²) in [6.45, 7) is 0. The molecule has 2 aromatic rings. The van der Waals surface area contributed by atoms with Crippen molar-refractivity contribution >= 4 is 22.1 Å². The lowest BCUT2D eigenvalue weighted by Crippen LogP contribution is -1.94. The van der Waals surface area contributed by atoms with Crippen LogP contribution in [-0.2, 0) is 16.6 Å². The van der Waals surface area contributed by atoms with E-state index in [1.165, 1.54) is 12.1 Å². The Balaban J connectivity index is 2.11. The van der Waals surface area contributed by atoms with Gasteiger partial charge in [0.1, 0.15) is 5.82 Å². The van der Waals surface area contributed by atoms with Gasteiger partial charge in [0.05, 0.1) is 16.6 Å². The first-order valence-electron chi connectivity index (χ1n) is 4.42. The zero-order valence-corrected chi connectivity index (χ0v) is 9.48. The van der Waals surface area contributed by atoms with Crippen LogP contribution in [0, 0.1) is 5.82 Å². The minimum atomic E-state index is -1.08. The number of hydrogen-bond donors (Lipinski definition) is 0. The fourth-order valence-electron chi connectivity index (χ4n) is 1.19. The van der Waals surface area contributed by atoms with Crippen LogP contribution < -0.4 is 0 Å². The molecule has 1 aromatic heterocycles. The molecule has 0 aliphatic carbocycles. The van der Waals surface area contributed by atoms with Crippen LogP contribution in [0.25, 0.3) is 0 Å². The van der Waals surface area contributed by atoms with Gasteiger partial charge in [-0.05, 0) is 35.7 Å². The van der Waals surface area contributed by atoms with Gasteiger partial charge in [0, 0.05) is 9.77 Å². The van der Waals surface area contributed by atoms with Gasteiger partial charge < -0.3 is 0 Å². The molecule has 0 saturated carbocycles. The van der Waals surface area contributed by atoms with Gasteiger partial charge >= 0.3 is 0 Å². The molecule has 0 bridgehead atoms. The summed E-state index contributed by atoms with van der Waals surface area (Å²) in [4.78, 5) is 1.75. The Morgan fingerprint density at radius 3 is 2.53 bits per heavy atom. The van der Waals surface area contributed by atoms with Crippen molar-refractivity contribution in [2.75, 3.05) is 0 Å². The number of rotatable bonds is 3. The summed E-state index contributed by atoms with van der Waals surface area (Å²) in [7, 11) is -1.08. The van der Waals surface area contributed by atoms with Crippen LogP contribution >= 0.6 is 11.3 Å². The highest BCUT2D eigenvalue weighted by Gasteiger charge is 2.05. The van der Waals surface area contributed by atoms with Crippen LogP contribution in [-0.4, -0.2) is 4.21 Å². The number of hydrogen-bond acceptors (Lipinski definition) is 2. The lowest BCUT2D eigenvalue weighted by molar-refractivity contribution is 0.626. The van der Waals surface area contributed by atoms with E-state index in [4.69, 9.17) is 0 Å². The maximum Gasteiger partial charge on any atom is 0.123 e. The predicted molar refractivity (Wildman–Crippen MR) is 60.8 cm³/mol. The second-order valence-corrected chi connectivity index (χ2v) is 5.51. The van der Waals surface area contributed by atoms with Crippen LogP contribution in [0.5, 0.6) is 0 Å². The molecule has 0 amide bonds. The maximum atomic E-state index is 12.6. The molecule has 78 valence electrons. The fourth-order valence-corrected chi connectivity index (χ4v) is 3.24. The Bertz CT molecular complexity index is 448. The summed E-state index contributed by atoms with van der Waals surface area (Å²) in [5.74, 6) is 0.204. The van der Waals surface area contributed by atoms with E-state index >= 15 is 0 Å². The van der Waals surface area contributed by atoms with Gasteiger partial charge in [-0.25, -0.2) is 4.39 Å². The van der Waals surface area contributed by atoms with Crippen LogP contribution in [0.1, 0.15) is 4.88 Å². The SMILES string of the molecule is O=S(Cc1cccs1)c1ccc(F)cc1. The molecule has 4 heteroatoms. The van der Waals surface area contributed by atoms with E-state index in [1.54, 1.807) is 23.5 Å². The van der Waals surface area contributed by atoms with E-state index in [9.17, 15) is 8.60 Å². The molecule has 0 spiro atoms. The zero-order chi connectivity index (χ0) is 10.7. The van der Waals surface area contributed by atoms with Crippen LogP contribution in [0.2, 0.25) is 0 Å². The Hall–Kier alpha value is -1.00. The van der Waals surface area contributed by atoms with Crippen molar-refractivity contribution in [1.29, 1.82) is 0 Å². The Morgan fingerprint density at radius 2 is 1.93 bits per heavy atom. The summed E-state index contributed by atoms with van der Waals surface area (Å²) in [5, 5.41) is 1.96. The first kappa shape index (κ1) is 10.5. The zero-order valence-electron chi connectivity index (χ0n) is 7.85. The van der Waals surface area contributed by atoms with Gasteiger partial charge in [0.15, 0.2) is 0 Å². The minimum Gasteiger partial charge on any atom is -0.254 e. The van der Waals surface area contributed by atoms with Gasteiger partial charge in [-0.15, -0.1) is 11.3 Å². The number of benzene rings is 1. The lowest BCUT2D eigenvalue weighted by Gasteiger charge is -1.99. The van der Waals surface area contributed by atoms with Crippen molar-refractivity contribution in [2.24, 2.45) is 0 Å². The van der Waals surface area contributed by atoms with Gasteiger partial charge in [0.25, 0.3) is 0 Å². The second kappa shape index (κ2) is 4.68. The topological polar surface area (TPSA) is 17.1 Å². The van der Waals surface area contributed by atoms with Crippen molar-refractivity contribution in [3.63, 3.8) is 0 Å². The molecule has 1 heterocycles. The quantitative estimate of drug-likeness (QED) is 0.805. The molecule has 1 aromatic carbocycles. The van der Waals surface area contributed by atoms with E-state index in [-0.39, 0.29) is 5.82 Å². The largest absolute Gasteiger partial charge is 0.254 e. The number of thiophene rings is 1. The van der Waals surface area contributed by atoms with Crippen LogP contribution in [0.15, 0.2) is 46.7 Å². The highest BCUT2D eigenvalue weighted by Crippen LogP contribution is 2.16. The van der Waals surface area contributed by atoms with Crippen molar-refractivity contribution in [2.45, 2.75) is 10.6 Å². The van der Waals surface area contributed by atoms with Gasteiger partial charge in [-0.3, -0.25) is 4.21 Å². The third-order valence-corrected chi connectivity index (χ3v) is 4.36. The highest BCUT2D eigenvalue weighted by atomic mass is 32.2. The fraction of sp³-hybridized carbons (Fsp3) is 0.0909. The molecule has 1 nitrogen and oxygen atoms in total. The second-order valence-electron chi connectivity index (χ2n) is 3.02. The van der Waals surface area contributed by atoms with E-state index in [1.807, 2.05) is 17.5 Å². The third kappa shape index (κ3) is 2.73. The van der Waals surface area contributed by atoms with E-state index in [2.05, 4.69) is 0 Å². The summed E-state index contributed by atoms with van der Waals surface area (Å²) >= 11 is 1.58. The van der Waals surface area contributed by atoms with Crippen molar-refractivity contribution in [1.82, 2.24) is 0 Å². The lowest BCUT2D eigenvalue weighted by atomic mass is 10.4. The molecule has 1 atom stereocenters. The molecule has 1 unspecified atom stereocenters. The Morgan fingerprint density at radius 1 is 1.20 bits per heavy atom. The summed E-state index contributed by atoms with van der Waals surface area (Å²) < 4.78 is 24.4. The molecule has 0 aliphatic rings. The van der Waals surface area contributed by atoms with E-state index in [0.29, 0.717) is 10.6 Å². The van der Waals surface area contributed by atoms with Crippen molar-refractivity contribution in [3.05, 3.63) is 52.5 Å². The summed E-state index contributed by atoms with van der Waals surface area (Å²) in [5.41, 5.74) is 0. The molecular weight excluding hydrogens is 231 g/mol. The standard InChI is InChI=1S/C11H9FOS2/c12-9-3-5-11(6-4-9)15(13)8-10-2-1-7-14-10/h1-7H,8H2. The molecule has 0 radical (unpaired) electrons. The summed E-state index contributed by atoms with van der Waals surface area (Å²) in [6, 6.07) is 9.69. The van der Waals surface area contributed by atoms with E-state index < -0.39 is 10.8 Å². The first-order valence-corrected chi connectivity index (χ1v) is 6.62. The molecule has 0 saturated heterocycles. The monoisotopic (exact) mass is 240 g/mol. The minimum absolute atomic E-state index is 0.299. The maximum absolute atomic E-state index is 12.6. The first-order chi connectivity index (χ1) is 7.25.